The van der Waals surface area contributed by atoms with E-state index in [1.54, 1.807) is 0 Å². The largest absolute Gasteiger partial charge is 0.305 e. The number of nitrogens with zero attached hydrogens (tertiary/aromatic N) is 8. The zero-order valence-electron chi connectivity index (χ0n) is 40.6. The van der Waals surface area contributed by atoms with Crippen molar-refractivity contribution in [1.82, 2.24) is 38.6 Å². The van der Waals surface area contributed by atoms with Gasteiger partial charge in [-0.1, -0.05) is 151 Å². The highest BCUT2D eigenvalue weighted by molar-refractivity contribution is 6.13. The van der Waals surface area contributed by atoms with Gasteiger partial charge in [0, 0.05) is 50.6 Å². The highest BCUT2D eigenvalue weighted by Gasteiger charge is 2.29. The van der Waals surface area contributed by atoms with Gasteiger partial charge in [0.25, 0.3) is 0 Å². The smallest absolute Gasteiger partial charge is 0.164 e. The van der Waals surface area contributed by atoms with Crippen molar-refractivity contribution in [3.8, 4) is 51.2 Å². The van der Waals surface area contributed by atoms with E-state index in [0.717, 1.165) is 88.7 Å². The average molecular weight is 919 g/mol. The van der Waals surface area contributed by atoms with Gasteiger partial charge in [0.05, 0.1) is 61.2 Å². The predicted octanol–water partition coefficient (Wildman–Crippen LogP) is 15.5. The molecule has 0 spiro atoms. The van der Waals surface area contributed by atoms with Gasteiger partial charge in [0.2, 0.25) is 0 Å². The van der Waals surface area contributed by atoms with E-state index in [1.807, 2.05) is 60.9 Å². The average Bonchev–Trinajstić information content (AvgIpc) is 4.03. The van der Waals surface area contributed by atoms with Crippen molar-refractivity contribution in [2.75, 3.05) is 0 Å². The van der Waals surface area contributed by atoms with E-state index in [1.165, 1.54) is 21.9 Å². The minimum absolute atomic E-state index is 0.0735. The summed E-state index contributed by atoms with van der Waals surface area (Å²) in [7, 11) is 0. The maximum Gasteiger partial charge on any atom is 0.164 e. The lowest BCUT2D eigenvalue weighted by molar-refractivity contribution is 0.590. The maximum absolute atomic E-state index is 5.38. The third-order valence-electron chi connectivity index (χ3n) is 14.1. The zero-order valence-corrected chi connectivity index (χ0v) is 40.6. The van der Waals surface area contributed by atoms with Crippen LogP contribution in [0.4, 0.5) is 0 Å². The second-order valence-corrected chi connectivity index (χ2v) is 20.6. The van der Waals surface area contributed by atoms with Crippen LogP contribution in [0.1, 0.15) is 52.7 Å². The third kappa shape index (κ3) is 6.84. The Bertz CT molecular complexity index is 3870. The molecule has 0 N–H and O–H groups in total. The minimum Gasteiger partial charge on any atom is -0.305 e. The molecule has 0 fully saturated rings. The summed E-state index contributed by atoms with van der Waals surface area (Å²) in [6.45, 7) is 13.8. The first-order chi connectivity index (χ1) is 34.5. The van der Waals surface area contributed by atoms with Crippen LogP contribution in [0.25, 0.3) is 117 Å². The number of rotatable bonds is 6. The number of hydrogen-bond donors (Lipinski definition) is 0. The Balaban J connectivity index is 1.27. The topological polar surface area (TPSA) is 79.2 Å². The summed E-state index contributed by atoms with van der Waals surface area (Å²) in [5, 5.41) is 4.52. The Labute approximate surface area is 411 Å². The monoisotopic (exact) mass is 918 g/mol. The molecular formula is C63H50N8. The van der Waals surface area contributed by atoms with E-state index in [-0.39, 0.29) is 10.8 Å². The van der Waals surface area contributed by atoms with Crippen LogP contribution in [-0.4, -0.2) is 38.6 Å². The molecule has 0 bridgehead atoms. The van der Waals surface area contributed by atoms with Crippen molar-refractivity contribution in [3.05, 3.63) is 206 Å². The van der Waals surface area contributed by atoms with E-state index in [0.29, 0.717) is 17.5 Å². The van der Waals surface area contributed by atoms with Crippen molar-refractivity contribution in [2.45, 2.75) is 52.4 Å². The Hall–Kier alpha value is -8.75. The summed E-state index contributed by atoms with van der Waals surface area (Å²) >= 11 is 0. The summed E-state index contributed by atoms with van der Waals surface area (Å²) in [5.74, 6) is 1.74. The number of fused-ring (bicyclic) bond motifs is 9. The molecule has 0 radical (unpaired) electrons. The van der Waals surface area contributed by atoms with Crippen LogP contribution in [0.3, 0.4) is 0 Å². The first kappa shape index (κ1) is 42.4. The first-order valence-electron chi connectivity index (χ1n) is 24.3. The van der Waals surface area contributed by atoms with Gasteiger partial charge in [-0.25, -0.2) is 15.0 Å². The van der Waals surface area contributed by atoms with Crippen molar-refractivity contribution in [1.29, 1.82) is 0 Å². The van der Waals surface area contributed by atoms with E-state index >= 15 is 0 Å². The molecule has 0 unspecified atom stereocenters. The lowest BCUT2D eigenvalue weighted by Gasteiger charge is -2.24. The first-order valence-corrected chi connectivity index (χ1v) is 24.3. The van der Waals surface area contributed by atoms with Crippen LogP contribution >= 0.6 is 0 Å². The highest BCUT2D eigenvalue weighted by atomic mass is 15.1. The number of hydrogen-bond acceptors (Lipinski definition) is 5. The van der Waals surface area contributed by atoms with Crippen LogP contribution in [-0.2, 0) is 10.8 Å². The minimum atomic E-state index is -0.0735. The molecule has 342 valence electrons. The summed E-state index contributed by atoms with van der Waals surface area (Å²) in [6, 6.07) is 64.7. The van der Waals surface area contributed by atoms with Gasteiger partial charge < -0.3 is 13.7 Å². The Kier molecular flexibility index (Phi) is 9.49. The van der Waals surface area contributed by atoms with Gasteiger partial charge in [0.15, 0.2) is 17.5 Å². The fourth-order valence-electron chi connectivity index (χ4n) is 10.5. The van der Waals surface area contributed by atoms with Gasteiger partial charge in [-0.2, -0.15) is 0 Å². The second-order valence-electron chi connectivity index (χ2n) is 20.6. The Morgan fingerprint density at radius 2 is 0.704 bits per heavy atom. The van der Waals surface area contributed by atoms with Gasteiger partial charge in [-0.3, -0.25) is 9.97 Å². The van der Waals surface area contributed by atoms with Crippen molar-refractivity contribution in [2.24, 2.45) is 0 Å². The standard InChI is InChI=1S/C63H50N8/c1-62(2,3)42-29-31-50-46(37-42)47-38-43(63(4,5)6)30-32-51(47)71(50)58-54(69-48-25-15-13-23-44(48)56-52(69)27-17-33-64-56)35-41(36-55(58)70-49-26-16-14-24-45(49)57-53(70)28-18-34-65-57)61-67-59(39-19-9-7-10-20-39)66-60(68-61)40-21-11-8-12-22-40/h7-38H,1-6H3. The summed E-state index contributed by atoms with van der Waals surface area (Å²) in [6.07, 6.45) is 3.78. The van der Waals surface area contributed by atoms with E-state index in [9.17, 15) is 0 Å². The highest BCUT2D eigenvalue weighted by Crippen LogP contribution is 2.45. The van der Waals surface area contributed by atoms with Crippen molar-refractivity contribution >= 4 is 65.7 Å². The van der Waals surface area contributed by atoms with Crippen LogP contribution in [0.15, 0.2) is 194 Å². The molecule has 6 heterocycles. The fourth-order valence-corrected chi connectivity index (χ4v) is 10.5. The summed E-state index contributed by atoms with van der Waals surface area (Å²) < 4.78 is 7.30. The van der Waals surface area contributed by atoms with Gasteiger partial charge in [0.1, 0.15) is 0 Å². The zero-order chi connectivity index (χ0) is 48.2. The summed E-state index contributed by atoms with van der Waals surface area (Å²) in [4.78, 5) is 26.0. The van der Waals surface area contributed by atoms with Gasteiger partial charge in [-0.05, 0) is 94.8 Å². The molecule has 0 saturated carbocycles. The Morgan fingerprint density at radius 1 is 0.324 bits per heavy atom. The number of para-hydroxylation sites is 2. The molecule has 0 aliphatic rings. The van der Waals surface area contributed by atoms with E-state index in [2.05, 4.69) is 189 Å². The molecule has 8 heteroatoms. The van der Waals surface area contributed by atoms with Crippen molar-refractivity contribution in [3.63, 3.8) is 0 Å². The quantitative estimate of drug-likeness (QED) is 0.166. The molecule has 0 aliphatic heterocycles. The number of aromatic nitrogens is 8. The van der Waals surface area contributed by atoms with Crippen LogP contribution < -0.4 is 0 Å². The predicted molar refractivity (Wildman–Crippen MR) is 292 cm³/mol. The lowest BCUT2D eigenvalue weighted by Crippen LogP contribution is -2.12. The molecule has 0 aliphatic carbocycles. The third-order valence-corrected chi connectivity index (χ3v) is 14.1. The van der Waals surface area contributed by atoms with E-state index in [4.69, 9.17) is 24.9 Å². The molecule has 13 rings (SSSR count). The van der Waals surface area contributed by atoms with Crippen LogP contribution in [0.2, 0.25) is 0 Å². The molecule has 13 aromatic rings. The molecule has 6 aromatic heterocycles. The van der Waals surface area contributed by atoms with Gasteiger partial charge in [-0.15, -0.1) is 0 Å². The molecule has 8 nitrogen and oxygen atoms in total. The van der Waals surface area contributed by atoms with Crippen molar-refractivity contribution < 1.29 is 0 Å². The number of pyridine rings is 2. The molecule has 0 saturated heterocycles. The summed E-state index contributed by atoms with van der Waals surface area (Å²) in [5.41, 5.74) is 16.0. The Morgan fingerprint density at radius 3 is 1.14 bits per heavy atom. The molecule has 71 heavy (non-hydrogen) atoms. The molecule has 0 atom stereocenters. The maximum atomic E-state index is 5.38. The molecule has 0 amide bonds. The number of benzene rings is 7. The normalized spacial score (nSPS) is 12.4. The van der Waals surface area contributed by atoms with Crippen LogP contribution in [0.5, 0.6) is 0 Å². The lowest BCUT2D eigenvalue weighted by atomic mass is 9.85. The molecule has 7 aromatic carbocycles. The SMILES string of the molecule is CC(C)(C)c1ccc2c(c1)c1cc(C(C)(C)C)ccc1n2-c1c(-n2c3ccccc3c3ncccc32)cc(-c2nc(-c3ccccc3)nc(-c3ccccc3)n2)cc1-n1c2ccccc2c2ncccc21. The van der Waals surface area contributed by atoms with E-state index < -0.39 is 0 Å². The second kappa shape index (κ2) is 15.9. The molecular weight excluding hydrogens is 869 g/mol. The van der Waals surface area contributed by atoms with Crippen LogP contribution in [0, 0.1) is 0 Å². The fraction of sp³-hybridized carbons (Fsp3) is 0.127. The van der Waals surface area contributed by atoms with Gasteiger partial charge >= 0.3 is 0 Å².